The molecule has 0 saturated carbocycles. The zero-order valence-electron chi connectivity index (χ0n) is 14.3. The van der Waals surface area contributed by atoms with Crippen LogP contribution >= 0.6 is 0 Å². The maximum absolute atomic E-state index is 12.6. The van der Waals surface area contributed by atoms with Gasteiger partial charge in [0.25, 0.3) is 5.91 Å². The topological polar surface area (TPSA) is 77.6 Å². The minimum absolute atomic E-state index is 0.160. The number of β-amino-alcohol motifs (C(OH)–C–C–N with tert-alkyl or cyclic N) is 1. The van der Waals surface area contributed by atoms with E-state index in [2.05, 4.69) is 15.2 Å². The van der Waals surface area contributed by atoms with Crippen LogP contribution in [0.1, 0.15) is 23.0 Å². The minimum Gasteiger partial charge on any atom is -0.387 e. The first-order chi connectivity index (χ1) is 11.5. The van der Waals surface area contributed by atoms with Gasteiger partial charge in [0.15, 0.2) is 0 Å². The van der Waals surface area contributed by atoms with Crippen LogP contribution in [-0.2, 0) is 4.74 Å². The highest BCUT2D eigenvalue weighted by Crippen LogP contribution is 2.21. The molecule has 2 aromatic rings. The number of amides is 1. The molecule has 24 heavy (non-hydrogen) atoms. The number of nitrogens with one attached hydrogen (secondary N) is 2. The first kappa shape index (κ1) is 17.0. The molecule has 0 bridgehead atoms. The number of benzene rings is 1. The molecular weight excluding hydrogens is 306 g/mol. The summed E-state index contributed by atoms with van der Waals surface area (Å²) in [5.74, 6) is -0.160. The summed E-state index contributed by atoms with van der Waals surface area (Å²) in [5, 5.41) is 14.4. The lowest BCUT2D eigenvalue weighted by Crippen LogP contribution is -2.51. The lowest BCUT2D eigenvalue weighted by atomic mass is 10.1. The fourth-order valence-corrected chi connectivity index (χ4v) is 3.23. The van der Waals surface area contributed by atoms with Crippen LogP contribution in [-0.4, -0.2) is 65.9 Å². The number of rotatable bonds is 5. The molecule has 6 heteroatoms. The molecule has 130 valence electrons. The monoisotopic (exact) mass is 331 g/mol. The predicted octanol–water partition coefficient (Wildman–Crippen LogP) is 1.29. The van der Waals surface area contributed by atoms with Crippen LogP contribution in [0.4, 0.5) is 0 Å². The molecule has 0 aliphatic carbocycles. The van der Waals surface area contributed by atoms with Crippen molar-refractivity contribution in [3.05, 3.63) is 35.5 Å². The average molecular weight is 331 g/mol. The van der Waals surface area contributed by atoms with Crippen molar-refractivity contribution in [3.63, 3.8) is 0 Å². The number of nitrogens with zero attached hydrogens (tertiary/aromatic N) is 1. The Kier molecular flexibility index (Phi) is 4.89. The van der Waals surface area contributed by atoms with Gasteiger partial charge in [-0.3, -0.25) is 9.69 Å². The second kappa shape index (κ2) is 6.93. The third-order valence-corrected chi connectivity index (χ3v) is 4.42. The first-order valence-corrected chi connectivity index (χ1v) is 8.34. The van der Waals surface area contributed by atoms with E-state index in [4.69, 9.17) is 4.74 Å². The van der Waals surface area contributed by atoms with E-state index in [9.17, 15) is 9.90 Å². The lowest BCUT2D eigenvalue weighted by Gasteiger charge is -2.33. The number of carbonyl (C=O) groups is 1. The number of aliphatic hydroxyl groups is 1. The number of hydrogen-bond donors (Lipinski definition) is 3. The molecule has 3 N–H and O–H groups in total. The van der Waals surface area contributed by atoms with Crippen molar-refractivity contribution in [2.45, 2.75) is 19.4 Å². The summed E-state index contributed by atoms with van der Waals surface area (Å²) < 4.78 is 5.32. The molecule has 1 aromatic carbocycles. The van der Waals surface area contributed by atoms with Gasteiger partial charge in [0.2, 0.25) is 0 Å². The Labute approximate surface area is 141 Å². The number of hydrogen-bond acceptors (Lipinski definition) is 4. The van der Waals surface area contributed by atoms with Gasteiger partial charge in [0, 0.05) is 42.8 Å². The van der Waals surface area contributed by atoms with Crippen LogP contribution in [0.2, 0.25) is 0 Å². The van der Waals surface area contributed by atoms with Gasteiger partial charge in [-0.25, -0.2) is 0 Å². The van der Waals surface area contributed by atoms with Crippen LogP contribution in [0.5, 0.6) is 0 Å². The molecule has 1 aliphatic heterocycles. The standard InChI is InChI=1S/C18H25N3O3/c1-13-16(14-5-3-4-6-15(14)20-13)17(22)19-11-18(2,23)12-21-7-9-24-10-8-21/h3-6,20,23H,7-12H2,1-2H3,(H,19,22). The number of aryl methyl sites for hydroxylation is 1. The molecule has 1 aromatic heterocycles. The number of aromatic nitrogens is 1. The van der Waals surface area contributed by atoms with E-state index in [1.54, 1.807) is 6.92 Å². The van der Waals surface area contributed by atoms with Gasteiger partial charge in [-0.15, -0.1) is 0 Å². The summed E-state index contributed by atoms with van der Waals surface area (Å²) in [6.07, 6.45) is 0. The van der Waals surface area contributed by atoms with E-state index in [1.807, 2.05) is 31.2 Å². The van der Waals surface area contributed by atoms with Gasteiger partial charge < -0.3 is 20.1 Å². The summed E-state index contributed by atoms with van der Waals surface area (Å²) >= 11 is 0. The molecule has 0 radical (unpaired) electrons. The van der Waals surface area contributed by atoms with E-state index in [-0.39, 0.29) is 12.5 Å². The summed E-state index contributed by atoms with van der Waals surface area (Å²) in [6.45, 7) is 7.38. The maximum Gasteiger partial charge on any atom is 0.253 e. The molecule has 6 nitrogen and oxygen atoms in total. The normalized spacial score (nSPS) is 18.5. The number of fused-ring (bicyclic) bond motifs is 1. The van der Waals surface area contributed by atoms with Gasteiger partial charge in [-0.2, -0.15) is 0 Å². The minimum atomic E-state index is -0.979. The molecule has 1 amide bonds. The molecule has 1 atom stereocenters. The van der Waals surface area contributed by atoms with Crippen molar-refractivity contribution in [3.8, 4) is 0 Å². The molecule has 1 fully saturated rings. The summed E-state index contributed by atoms with van der Waals surface area (Å²) in [4.78, 5) is 18.0. The van der Waals surface area contributed by atoms with Crippen LogP contribution in [0.3, 0.4) is 0 Å². The van der Waals surface area contributed by atoms with Gasteiger partial charge in [-0.05, 0) is 19.9 Å². The van der Waals surface area contributed by atoms with Crippen molar-refractivity contribution in [2.75, 3.05) is 39.4 Å². The zero-order chi connectivity index (χ0) is 17.2. The zero-order valence-corrected chi connectivity index (χ0v) is 14.3. The Bertz CT molecular complexity index is 717. The molecule has 0 spiro atoms. The second-order valence-corrected chi connectivity index (χ2v) is 6.74. The molecule has 2 heterocycles. The fourth-order valence-electron chi connectivity index (χ4n) is 3.23. The van der Waals surface area contributed by atoms with Crippen LogP contribution in [0.25, 0.3) is 10.9 Å². The van der Waals surface area contributed by atoms with Crippen molar-refractivity contribution in [2.24, 2.45) is 0 Å². The smallest absolute Gasteiger partial charge is 0.253 e. The van der Waals surface area contributed by atoms with Crippen LogP contribution < -0.4 is 5.32 Å². The third kappa shape index (κ3) is 3.77. The average Bonchev–Trinajstić information content (AvgIpc) is 2.89. The maximum atomic E-state index is 12.6. The van der Waals surface area contributed by atoms with Gasteiger partial charge >= 0.3 is 0 Å². The molecule has 1 unspecified atom stereocenters. The molecule has 3 rings (SSSR count). The first-order valence-electron chi connectivity index (χ1n) is 8.34. The fraction of sp³-hybridized carbons (Fsp3) is 0.500. The Morgan fingerprint density at radius 3 is 2.83 bits per heavy atom. The third-order valence-electron chi connectivity index (χ3n) is 4.42. The predicted molar refractivity (Wildman–Crippen MR) is 93.3 cm³/mol. The number of carbonyl (C=O) groups excluding carboxylic acids is 1. The van der Waals surface area contributed by atoms with Gasteiger partial charge in [0.1, 0.15) is 0 Å². The summed E-state index contributed by atoms with van der Waals surface area (Å²) in [7, 11) is 0. The van der Waals surface area contributed by atoms with E-state index in [0.717, 1.165) is 29.7 Å². The van der Waals surface area contributed by atoms with Gasteiger partial charge in [-0.1, -0.05) is 18.2 Å². The SMILES string of the molecule is Cc1[nH]c2ccccc2c1C(=O)NCC(C)(O)CN1CCOCC1. The highest BCUT2D eigenvalue weighted by atomic mass is 16.5. The van der Waals surface area contributed by atoms with Gasteiger partial charge in [0.05, 0.1) is 24.4 Å². The van der Waals surface area contributed by atoms with Crippen molar-refractivity contribution in [1.29, 1.82) is 0 Å². The van der Waals surface area contributed by atoms with Crippen molar-refractivity contribution in [1.82, 2.24) is 15.2 Å². The number of para-hydroxylation sites is 1. The number of ether oxygens (including phenoxy) is 1. The highest BCUT2D eigenvalue weighted by Gasteiger charge is 2.26. The Balaban J connectivity index is 1.64. The number of aromatic amines is 1. The van der Waals surface area contributed by atoms with Crippen molar-refractivity contribution < 1.29 is 14.6 Å². The molecule has 1 aliphatic rings. The van der Waals surface area contributed by atoms with E-state index in [0.29, 0.717) is 25.3 Å². The second-order valence-electron chi connectivity index (χ2n) is 6.74. The van der Waals surface area contributed by atoms with E-state index < -0.39 is 5.60 Å². The van der Waals surface area contributed by atoms with Crippen LogP contribution in [0, 0.1) is 6.92 Å². The molecular formula is C18H25N3O3. The summed E-state index contributed by atoms with van der Waals surface area (Å²) in [5.41, 5.74) is 1.45. The van der Waals surface area contributed by atoms with Crippen molar-refractivity contribution >= 4 is 16.8 Å². The Morgan fingerprint density at radius 1 is 1.38 bits per heavy atom. The number of morpholine rings is 1. The Morgan fingerprint density at radius 2 is 2.08 bits per heavy atom. The largest absolute Gasteiger partial charge is 0.387 e. The quantitative estimate of drug-likeness (QED) is 0.771. The lowest BCUT2D eigenvalue weighted by molar-refractivity contribution is -0.0213. The summed E-state index contributed by atoms with van der Waals surface area (Å²) in [6, 6.07) is 7.74. The van der Waals surface area contributed by atoms with E-state index in [1.165, 1.54) is 0 Å². The molecule has 1 saturated heterocycles. The van der Waals surface area contributed by atoms with E-state index >= 15 is 0 Å². The van der Waals surface area contributed by atoms with Crippen LogP contribution in [0.15, 0.2) is 24.3 Å². The Hall–Kier alpha value is -1.89. The highest BCUT2D eigenvalue weighted by molar-refractivity contribution is 6.08. The number of H-pyrrole nitrogens is 1.